The van der Waals surface area contributed by atoms with E-state index in [1.165, 1.54) is 0 Å². The topological polar surface area (TPSA) is 94.0 Å². The van der Waals surface area contributed by atoms with E-state index < -0.39 is 17.7 Å². The Morgan fingerprint density at radius 1 is 0.968 bits per heavy atom. The van der Waals surface area contributed by atoms with E-state index in [0.717, 1.165) is 18.2 Å². The molecule has 2 aromatic carbocycles. The molecule has 2 N–H and O–H groups in total. The zero-order chi connectivity index (χ0) is 21.8. The number of anilines is 2. The molecule has 0 fully saturated rings. The number of hydrogen-bond donors (Lipinski definition) is 2. The number of nitrogens with zero attached hydrogens (tertiary/aromatic N) is 4. The van der Waals surface area contributed by atoms with Crippen molar-refractivity contribution in [3.05, 3.63) is 84.7 Å². The van der Waals surface area contributed by atoms with Crippen molar-refractivity contribution in [3.8, 4) is 17.4 Å². The van der Waals surface area contributed by atoms with Crippen LogP contribution in [0.4, 0.5) is 25.0 Å². The first-order valence-electron chi connectivity index (χ1n) is 9.11. The van der Waals surface area contributed by atoms with Crippen LogP contribution in [-0.4, -0.2) is 25.6 Å². The summed E-state index contributed by atoms with van der Waals surface area (Å²) >= 11 is 0. The maximum Gasteiger partial charge on any atom is 0.323 e. The van der Waals surface area contributed by atoms with Crippen molar-refractivity contribution in [1.29, 1.82) is 0 Å². The smallest absolute Gasteiger partial charge is 0.323 e. The summed E-state index contributed by atoms with van der Waals surface area (Å²) in [6, 6.07) is 10.3. The summed E-state index contributed by atoms with van der Waals surface area (Å²) in [5.41, 5.74) is 0.461. The van der Waals surface area contributed by atoms with Gasteiger partial charge in [-0.3, -0.25) is 4.57 Å². The lowest BCUT2D eigenvalue weighted by Gasteiger charge is -2.10. The van der Waals surface area contributed by atoms with E-state index in [1.807, 2.05) is 0 Å². The minimum Gasteiger partial charge on any atom is -0.439 e. The largest absolute Gasteiger partial charge is 0.439 e. The SMILES string of the molecule is Cc1nc(Oc2ccc(NC(=O)Nc3cc(F)cc(F)c3)cc2)cc(-n2ccnc2)n1. The number of aromatic nitrogens is 4. The average Bonchev–Trinajstić information content (AvgIpc) is 3.23. The molecule has 31 heavy (non-hydrogen) atoms. The summed E-state index contributed by atoms with van der Waals surface area (Å²) in [6.07, 6.45) is 5.02. The maximum atomic E-state index is 13.2. The second-order valence-corrected chi connectivity index (χ2v) is 6.45. The molecule has 10 heteroatoms. The summed E-state index contributed by atoms with van der Waals surface area (Å²) in [4.78, 5) is 24.6. The standard InChI is InChI=1S/C21H16F2N6O2/c1-13-25-19(29-7-6-24-12-29)11-20(26-13)31-18-4-2-16(3-5-18)27-21(30)28-17-9-14(22)8-15(23)10-17/h2-12H,1H3,(H2,27,28,30). The molecule has 2 aromatic heterocycles. The second kappa shape index (κ2) is 8.57. The van der Waals surface area contributed by atoms with Gasteiger partial charge in [-0.2, -0.15) is 4.98 Å². The maximum absolute atomic E-state index is 13.2. The van der Waals surface area contributed by atoms with E-state index in [2.05, 4.69) is 25.6 Å². The second-order valence-electron chi connectivity index (χ2n) is 6.45. The van der Waals surface area contributed by atoms with Crippen molar-refractivity contribution in [2.45, 2.75) is 6.92 Å². The highest BCUT2D eigenvalue weighted by atomic mass is 19.1. The number of rotatable bonds is 5. The molecule has 0 saturated carbocycles. The lowest BCUT2D eigenvalue weighted by Crippen LogP contribution is -2.19. The summed E-state index contributed by atoms with van der Waals surface area (Å²) in [5, 5.41) is 4.94. The molecule has 8 nitrogen and oxygen atoms in total. The molecule has 0 atom stereocenters. The van der Waals surface area contributed by atoms with Crippen LogP contribution in [-0.2, 0) is 0 Å². The molecule has 0 radical (unpaired) electrons. The minimum absolute atomic E-state index is 0.00258. The fraction of sp³-hybridized carbons (Fsp3) is 0.0476. The molecule has 0 aliphatic carbocycles. The Hall–Kier alpha value is -4.34. The highest BCUT2D eigenvalue weighted by Gasteiger charge is 2.08. The van der Waals surface area contributed by atoms with Crippen molar-refractivity contribution in [3.63, 3.8) is 0 Å². The molecule has 0 unspecified atom stereocenters. The molecule has 4 rings (SSSR count). The molecule has 2 amide bonds. The Balaban J connectivity index is 1.41. The van der Waals surface area contributed by atoms with Crippen LogP contribution in [0.15, 0.2) is 67.3 Å². The van der Waals surface area contributed by atoms with Gasteiger partial charge in [-0.25, -0.2) is 23.5 Å². The van der Waals surface area contributed by atoms with E-state index in [9.17, 15) is 13.6 Å². The number of carbonyl (C=O) groups excluding carboxylic acids is 1. The van der Waals surface area contributed by atoms with Gasteiger partial charge in [0.25, 0.3) is 0 Å². The Bertz CT molecular complexity index is 1190. The molecule has 156 valence electrons. The number of urea groups is 1. The highest BCUT2D eigenvalue weighted by Crippen LogP contribution is 2.23. The number of nitrogens with one attached hydrogen (secondary N) is 2. The molecule has 4 aromatic rings. The number of imidazole rings is 1. The summed E-state index contributed by atoms with van der Waals surface area (Å²) < 4.78 is 34.0. The van der Waals surface area contributed by atoms with Crippen molar-refractivity contribution in [1.82, 2.24) is 19.5 Å². The third kappa shape index (κ3) is 5.18. The zero-order valence-corrected chi connectivity index (χ0v) is 16.2. The van der Waals surface area contributed by atoms with Crippen molar-refractivity contribution >= 4 is 17.4 Å². The predicted molar refractivity (Wildman–Crippen MR) is 109 cm³/mol. The van der Waals surface area contributed by atoms with Gasteiger partial charge in [0, 0.05) is 35.9 Å². The Morgan fingerprint density at radius 2 is 1.68 bits per heavy atom. The van der Waals surface area contributed by atoms with Crippen LogP contribution >= 0.6 is 0 Å². The summed E-state index contributed by atoms with van der Waals surface area (Å²) in [7, 11) is 0. The molecule has 0 saturated heterocycles. The van der Waals surface area contributed by atoms with Gasteiger partial charge in [-0.1, -0.05) is 0 Å². The van der Waals surface area contributed by atoms with E-state index in [1.54, 1.807) is 60.5 Å². The fourth-order valence-corrected chi connectivity index (χ4v) is 2.75. The number of carbonyl (C=O) groups is 1. The lowest BCUT2D eigenvalue weighted by atomic mass is 10.3. The number of ether oxygens (including phenoxy) is 1. The lowest BCUT2D eigenvalue weighted by molar-refractivity contribution is 0.262. The van der Waals surface area contributed by atoms with E-state index in [4.69, 9.17) is 4.74 Å². The number of hydrogen-bond acceptors (Lipinski definition) is 5. The average molecular weight is 422 g/mol. The van der Waals surface area contributed by atoms with Crippen LogP contribution in [0.1, 0.15) is 5.82 Å². The molecule has 2 heterocycles. The minimum atomic E-state index is -0.784. The summed E-state index contributed by atoms with van der Waals surface area (Å²) in [5.74, 6) is 0.422. The van der Waals surface area contributed by atoms with Crippen LogP contribution in [0, 0.1) is 18.6 Å². The van der Waals surface area contributed by atoms with E-state index in [0.29, 0.717) is 29.0 Å². The number of halogens is 2. The van der Waals surface area contributed by atoms with Crippen LogP contribution in [0.5, 0.6) is 11.6 Å². The van der Waals surface area contributed by atoms with Gasteiger partial charge in [0.1, 0.15) is 35.4 Å². The van der Waals surface area contributed by atoms with Gasteiger partial charge >= 0.3 is 6.03 Å². The zero-order valence-electron chi connectivity index (χ0n) is 16.2. The Morgan fingerprint density at radius 3 is 2.35 bits per heavy atom. The van der Waals surface area contributed by atoms with Crippen LogP contribution in [0.3, 0.4) is 0 Å². The quantitative estimate of drug-likeness (QED) is 0.487. The van der Waals surface area contributed by atoms with Gasteiger partial charge in [0.15, 0.2) is 0 Å². The van der Waals surface area contributed by atoms with Gasteiger partial charge in [-0.15, -0.1) is 0 Å². The normalized spacial score (nSPS) is 10.5. The van der Waals surface area contributed by atoms with Gasteiger partial charge < -0.3 is 15.4 Å². The van der Waals surface area contributed by atoms with Crippen molar-refractivity contribution in [2.75, 3.05) is 10.6 Å². The molecule has 0 aliphatic rings. The third-order valence-corrected chi connectivity index (χ3v) is 4.02. The number of benzene rings is 2. The first-order chi connectivity index (χ1) is 14.9. The fourth-order valence-electron chi connectivity index (χ4n) is 2.75. The molecule has 0 aliphatic heterocycles. The van der Waals surface area contributed by atoms with E-state index in [-0.39, 0.29) is 5.69 Å². The highest BCUT2D eigenvalue weighted by molar-refractivity contribution is 5.99. The monoisotopic (exact) mass is 422 g/mol. The van der Waals surface area contributed by atoms with Crippen LogP contribution in [0.2, 0.25) is 0 Å². The molecular weight excluding hydrogens is 406 g/mol. The number of amides is 2. The Labute approximate surface area is 175 Å². The third-order valence-electron chi connectivity index (χ3n) is 4.02. The van der Waals surface area contributed by atoms with E-state index >= 15 is 0 Å². The first-order valence-corrected chi connectivity index (χ1v) is 9.11. The van der Waals surface area contributed by atoms with Crippen molar-refractivity contribution < 1.29 is 18.3 Å². The van der Waals surface area contributed by atoms with Gasteiger partial charge in [-0.05, 0) is 43.3 Å². The predicted octanol–water partition coefficient (Wildman–Crippen LogP) is 4.69. The first kappa shape index (κ1) is 20.0. The molecule has 0 bridgehead atoms. The number of aryl methyl sites for hydroxylation is 1. The van der Waals surface area contributed by atoms with Crippen LogP contribution < -0.4 is 15.4 Å². The molecule has 0 spiro atoms. The van der Waals surface area contributed by atoms with Crippen molar-refractivity contribution in [2.24, 2.45) is 0 Å². The van der Waals surface area contributed by atoms with Gasteiger partial charge in [0.05, 0.1) is 0 Å². The van der Waals surface area contributed by atoms with Gasteiger partial charge in [0.2, 0.25) is 5.88 Å². The Kier molecular flexibility index (Phi) is 5.52. The molecular formula is C21H16F2N6O2. The summed E-state index contributed by atoms with van der Waals surface area (Å²) in [6.45, 7) is 1.75. The van der Waals surface area contributed by atoms with Crippen LogP contribution in [0.25, 0.3) is 5.82 Å².